The summed E-state index contributed by atoms with van der Waals surface area (Å²) in [6.45, 7) is 5.26. The Morgan fingerprint density at radius 3 is 3.00 bits per heavy atom. The largest absolute Gasteiger partial charge is 0.380 e. The Morgan fingerprint density at radius 2 is 2.20 bits per heavy atom. The number of aromatic nitrogens is 2. The van der Waals surface area contributed by atoms with Crippen LogP contribution in [0.3, 0.4) is 0 Å². The molecule has 0 saturated carbocycles. The van der Waals surface area contributed by atoms with Crippen LogP contribution < -0.4 is 4.90 Å². The molecule has 1 aliphatic heterocycles. The monoisotopic (exact) mass is 227 g/mol. The molecule has 2 rings (SSSR count). The highest BCUT2D eigenvalue weighted by Gasteiger charge is 2.12. The average Bonchev–Trinajstić information content (AvgIpc) is 2.43. The van der Waals surface area contributed by atoms with Crippen molar-refractivity contribution >= 4 is 17.4 Å². The van der Waals surface area contributed by atoms with Gasteiger partial charge in [-0.15, -0.1) is 0 Å². The zero-order chi connectivity index (χ0) is 10.7. The summed E-state index contributed by atoms with van der Waals surface area (Å²) >= 11 is 5.90. The maximum absolute atomic E-state index is 5.90. The van der Waals surface area contributed by atoms with E-state index in [-0.39, 0.29) is 0 Å². The van der Waals surface area contributed by atoms with E-state index in [9.17, 15) is 0 Å². The van der Waals surface area contributed by atoms with E-state index in [1.165, 1.54) is 0 Å². The van der Waals surface area contributed by atoms with Crippen LogP contribution in [-0.4, -0.2) is 36.3 Å². The second kappa shape index (κ2) is 4.77. The average molecular weight is 228 g/mol. The SMILES string of the molecule is Cc1nc(Cl)cc(N2CCCOCC2)n1. The Bertz CT molecular complexity index is 317. The van der Waals surface area contributed by atoms with E-state index in [2.05, 4.69) is 14.9 Å². The number of nitrogens with zero attached hydrogens (tertiary/aromatic N) is 3. The van der Waals surface area contributed by atoms with Crippen molar-refractivity contribution in [2.24, 2.45) is 0 Å². The molecule has 82 valence electrons. The van der Waals surface area contributed by atoms with Crippen molar-refractivity contribution in [2.75, 3.05) is 31.2 Å². The predicted molar refractivity (Wildman–Crippen MR) is 59.4 cm³/mol. The Balaban J connectivity index is 2.19. The van der Waals surface area contributed by atoms with Crippen LogP contribution in [0.2, 0.25) is 5.15 Å². The maximum atomic E-state index is 5.90. The van der Waals surface area contributed by atoms with Gasteiger partial charge in [-0.3, -0.25) is 0 Å². The zero-order valence-electron chi connectivity index (χ0n) is 8.74. The van der Waals surface area contributed by atoms with E-state index in [0.717, 1.165) is 38.5 Å². The van der Waals surface area contributed by atoms with Gasteiger partial charge in [0.1, 0.15) is 16.8 Å². The van der Waals surface area contributed by atoms with Crippen LogP contribution in [0, 0.1) is 6.92 Å². The third-order valence-corrected chi connectivity index (χ3v) is 2.53. The highest BCUT2D eigenvalue weighted by molar-refractivity contribution is 6.29. The van der Waals surface area contributed by atoms with Gasteiger partial charge in [-0.05, 0) is 13.3 Å². The topological polar surface area (TPSA) is 38.2 Å². The Morgan fingerprint density at radius 1 is 1.33 bits per heavy atom. The molecule has 0 aliphatic carbocycles. The van der Waals surface area contributed by atoms with Crippen LogP contribution in [0.4, 0.5) is 5.82 Å². The Hall–Kier alpha value is -0.870. The molecule has 0 radical (unpaired) electrons. The molecule has 4 nitrogen and oxygen atoms in total. The van der Waals surface area contributed by atoms with E-state index in [1.807, 2.05) is 6.92 Å². The van der Waals surface area contributed by atoms with Crippen molar-refractivity contribution in [3.05, 3.63) is 17.0 Å². The lowest BCUT2D eigenvalue weighted by molar-refractivity contribution is 0.152. The van der Waals surface area contributed by atoms with Crippen molar-refractivity contribution in [1.82, 2.24) is 9.97 Å². The highest BCUT2D eigenvalue weighted by atomic mass is 35.5. The van der Waals surface area contributed by atoms with E-state index in [4.69, 9.17) is 16.3 Å². The van der Waals surface area contributed by atoms with Crippen LogP contribution >= 0.6 is 11.6 Å². The second-order valence-corrected chi connectivity index (χ2v) is 3.94. The van der Waals surface area contributed by atoms with E-state index in [0.29, 0.717) is 11.0 Å². The van der Waals surface area contributed by atoms with Gasteiger partial charge < -0.3 is 9.64 Å². The number of rotatable bonds is 1. The Labute approximate surface area is 94.2 Å². The van der Waals surface area contributed by atoms with Gasteiger partial charge >= 0.3 is 0 Å². The molecule has 1 aliphatic rings. The quantitative estimate of drug-likeness (QED) is 0.684. The van der Waals surface area contributed by atoms with Crippen LogP contribution in [-0.2, 0) is 4.74 Å². The molecule has 0 N–H and O–H groups in total. The summed E-state index contributed by atoms with van der Waals surface area (Å²) in [5, 5.41) is 0.502. The van der Waals surface area contributed by atoms with Crippen molar-refractivity contribution in [1.29, 1.82) is 0 Å². The molecule has 0 amide bonds. The number of anilines is 1. The summed E-state index contributed by atoms with van der Waals surface area (Å²) in [7, 11) is 0. The summed E-state index contributed by atoms with van der Waals surface area (Å²) in [6, 6.07) is 1.81. The third-order valence-electron chi connectivity index (χ3n) is 2.34. The number of hydrogen-bond acceptors (Lipinski definition) is 4. The molecule has 0 spiro atoms. The zero-order valence-corrected chi connectivity index (χ0v) is 9.50. The summed E-state index contributed by atoms with van der Waals surface area (Å²) in [6.07, 6.45) is 1.03. The summed E-state index contributed by atoms with van der Waals surface area (Å²) in [5.41, 5.74) is 0. The van der Waals surface area contributed by atoms with Gasteiger partial charge in [-0.2, -0.15) is 0 Å². The fourth-order valence-corrected chi connectivity index (χ4v) is 1.87. The minimum atomic E-state index is 0.502. The molecule has 0 aromatic carbocycles. The van der Waals surface area contributed by atoms with Gasteiger partial charge in [0.25, 0.3) is 0 Å². The molecule has 2 heterocycles. The lowest BCUT2D eigenvalue weighted by Crippen LogP contribution is -2.27. The van der Waals surface area contributed by atoms with E-state index < -0.39 is 0 Å². The van der Waals surface area contributed by atoms with Crippen molar-refractivity contribution in [2.45, 2.75) is 13.3 Å². The highest BCUT2D eigenvalue weighted by Crippen LogP contribution is 2.17. The fourth-order valence-electron chi connectivity index (χ4n) is 1.65. The first kappa shape index (κ1) is 10.6. The number of halogens is 1. The molecule has 0 bridgehead atoms. The summed E-state index contributed by atoms with van der Waals surface area (Å²) < 4.78 is 5.39. The standard InChI is InChI=1S/C10H14ClN3O/c1-8-12-9(11)7-10(13-8)14-3-2-5-15-6-4-14/h7H,2-6H2,1H3. The maximum Gasteiger partial charge on any atom is 0.134 e. The van der Waals surface area contributed by atoms with Gasteiger partial charge in [0.05, 0.1) is 6.61 Å². The number of aryl methyl sites for hydroxylation is 1. The lowest BCUT2D eigenvalue weighted by Gasteiger charge is -2.20. The minimum Gasteiger partial charge on any atom is -0.380 e. The molecule has 1 aromatic rings. The molecule has 0 unspecified atom stereocenters. The Kier molecular flexibility index (Phi) is 3.38. The first-order chi connectivity index (χ1) is 7.25. The first-order valence-corrected chi connectivity index (χ1v) is 5.47. The molecule has 1 saturated heterocycles. The molecule has 1 fully saturated rings. The van der Waals surface area contributed by atoms with Crippen LogP contribution in [0.25, 0.3) is 0 Å². The second-order valence-electron chi connectivity index (χ2n) is 3.55. The van der Waals surface area contributed by atoms with Crippen LogP contribution in [0.1, 0.15) is 12.2 Å². The minimum absolute atomic E-state index is 0.502. The normalized spacial score (nSPS) is 17.6. The fraction of sp³-hybridized carbons (Fsp3) is 0.600. The molecular weight excluding hydrogens is 214 g/mol. The first-order valence-electron chi connectivity index (χ1n) is 5.09. The molecule has 15 heavy (non-hydrogen) atoms. The molecular formula is C10H14ClN3O. The van der Waals surface area contributed by atoms with Gasteiger partial charge in [0.15, 0.2) is 0 Å². The van der Waals surface area contributed by atoms with Gasteiger partial charge in [0.2, 0.25) is 0 Å². The lowest BCUT2D eigenvalue weighted by atomic mass is 10.4. The van der Waals surface area contributed by atoms with Crippen molar-refractivity contribution < 1.29 is 4.74 Å². The number of hydrogen-bond donors (Lipinski definition) is 0. The van der Waals surface area contributed by atoms with Crippen molar-refractivity contribution in [3.8, 4) is 0 Å². The van der Waals surface area contributed by atoms with Gasteiger partial charge in [0, 0.05) is 25.8 Å². The molecule has 0 atom stereocenters. The van der Waals surface area contributed by atoms with Crippen molar-refractivity contribution in [3.63, 3.8) is 0 Å². The van der Waals surface area contributed by atoms with Gasteiger partial charge in [-0.25, -0.2) is 9.97 Å². The third kappa shape index (κ3) is 2.79. The summed E-state index contributed by atoms with van der Waals surface area (Å²) in [4.78, 5) is 10.6. The predicted octanol–water partition coefficient (Wildman–Crippen LogP) is 1.67. The smallest absolute Gasteiger partial charge is 0.134 e. The summed E-state index contributed by atoms with van der Waals surface area (Å²) in [5.74, 6) is 1.61. The number of ether oxygens (including phenoxy) is 1. The van der Waals surface area contributed by atoms with Gasteiger partial charge in [-0.1, -0.05) is 11.6 Å². The molecule has 1 aromatic heterocycles. The van der Waals surface area contributed by atoms with Crippen LogP contribution in [0.5, 0.6) is 0 Å². The van der Waals surface area contributed by atoms with E-state index >= 15 is 0 Å². The molecule has 5 heteroatoms. The van der Waals surface area contributed by atoms with Crippen LogP contribution in [0.15, 0.2) is 6.07 Å². The van der Waals surface area contributed by atoms with E-state index in [1.54, 1.807) is 6.07 Å².